The van der Waals surface area contributed by atoms with Crippen LogP contribution in [0.1, 0.15) is 26.6 Å². The summed E-state index contributed by atoms with van der Waals surface area (Å²) in [5.41, 5.74) is 2.47. The van der Waals surface area contributed by atoms with Crippen LogP contribution in [0.25, 0.3) is 22.4 Å². The van der Waals surface area contributed by atoms with Gasteiger partial charge in [-0.15, -0.1) is 0 Å². The number of para-hydroxylation sites is 2. The smallest absolute Gasteiger partial charge is 0.408 e. The summed E-state index contributed by atoms with van der Waals surface area (Å²) in [4.78, 5) is 28.0. The third kappa shape index (κ3) is 3.87. The zero-order chi connectivity index (χ0) is 17.2. The third-order valence-corrected chi connectivity index (χ3v) is 3.14. The third-order valence-electron chi connectivity index (χ3n) is 3.14. The molecular weight excluding hydrogens is 306 g/mol. The van der Waals surface area contributed by atoms with E-state index >= 15 is 0 Å². The van der Waals surface area contributed by atoms with Crippen LogP contribution in [-0.2, 0) is 11.3 Å². The summed E-state index contributed by atoms with van der Waals surface area (Å²) in [5, 5.41) is 2.66. The van der Waals surface area contributed by atoms with Crippen molar-refractivity contribution in [1.29, 1.82) is 0 Å². The normalized spacial score (nSPS) is 11.5. The minimum absolute atomic E-state index is 0.246. The number of nitrogens with one attached hydrogen (secondary N) is 2. The molecule has 0 unspecified atom stereocenters. The first-order valence-corrected chi connectivity index (χ1v) is 7.64. The van der Waals surface area contributed by atoms with Gasteiger partial charge in [0, 0.05) is 6.20 Å². The number of carbonyl (C=O) groups is 1. The summed E-state index contributed by atoms with van der Waals surface area (Å²) in [7, 11) is 0. The van der Waals surface area contributed by atoms with E-state index in [4.69, 9.17) is 4.74 Å². The molecule has 0 fully saturated rings. The SMILES string of the molecule is CC(C)(C)OC(=O)NCc1nc(-c2cnc3ccccc3n2)c[nH]1. The lowest BCUT2D eigenvalue weighted by atomic mass is 10.2. The van der Waals surface area contributed by atoms with Crippen LogP contribution in [0.15, 0.2) is 36.7 Å². The Kier molecular flexibility index (Phi) is 4.16. The van der Waals surface area contributed by atoms with E-state index < -0.39 is 11.7 Å². The first kappa shape index (κ1) is 15.9. The number of imidazole rings is 1. The van der Waals surface area contributed by atoms with Crippen molar-refractivity contribution >= 4 is 17.1 Å². The zero-order valence-corrected chi connectivity index (χ0v) is 13.8. The van der Waals surface area contributed by atoms with Gasteiger partial charge in [0.05, 0.1) is 23.8 Å². The molecule has 0 aliphatic rings. The van der Waals surface area contributed by atoms with E-state index in [2.05, 4.69) is 25.3 Å². The van der Waals surface area contributed by atoms with Crippen molar-refractivity contribution in [3.63, 3.8) is 0 Å². The lowest BCUT2D eigenvalue weighted by molar-refractivity contribution is 0.0522. The van der Waals surface area contributed by atoms with Gasteiger partial charge >= 0.3 is 6.09 Å². The van der Waals surface area contributed by atoms with E-state index in [1.54, 1.807) is 12.4 Å². The quantitative estimate of drug-likeness (QED) is 0.772. The Labute approximate surface area is 139 Å². The van der Waals surface area contributed by atoms with Crippen LogP contribution in [0, 0.1) is 0 Å². The highest BCUT2D eigenvalue weighted by Crippen LogP contribution is 2.17. The van der Waals surface area contributed by atoms with Crippen molar-refractivity contribution in [2.75, 3.05) is 0 Å². The molecule has 0 radical (unpaired) electrons. The van der Waals surface area contributed by atoms with E-state index in [-0.39, 0.29) is 6.54 Å². The van der Waals surface area contributed by atoms with Crippen LogP contribution in [0.4, 0.5) is 4.79 Å². The summed E-state index contributed by atoms with van der Waals surface area (Å²) in [6.45, 7) is 5.69. The number of alkyl carbamates (subject to hydrolysis) is 1. The second kappa shape index (κ2) is 6.27. The van der Waals surface area contributed by atoms with Crippen molar-refractivity contribution in [1.82, 2.24) is 25.3 Å². The number of ether oxygens (including phenoxy) is 1. The summed E-state index contributed by atoms with van der Waals surface area (Å²) >= 11 is 0. The van der Waals surface area contributed by atoms with Gasteiger partial charge in [0.25, 0.3) is 0 Å². The van der Waals surface area contributed by atoms with Crippen LogP contribution in [0.2, 0.25) is 0 Å². The Balaban J connectivity index is 1.69. The van der Waals surface area contributed by atoms with Crippen molar-refractivity contribution in [3.8, 4) is 11.4 Å². The number of nitrogens with zero attached hydrogens (tertiary/aromatic N) is 3. The molecule has 7 nitrogen and oxygen atoms in total. The number of fused-ring (bicyclic) bond motifs is 1. The average Bonchev–Trinajstić information content (AvgIpc) is 3.00. The van der Waals surface area contributed by atoms with E-state index in [0.717, 1.165) is 11.0 Å². The van der Waals surface area contributed by atoms with Crippen LogP contribution in [0.5, 0.6) is 0 Å². The second-order valence-electron chi connectivity index (χ2n) is 6.33. The highest BCUT2D eigenvalue weighted by Gasteiger charge is 2.16. The van der Waals surface area contributed by atoms with Gasteiger partial charge in [0.2, 0.25) is 0 Å². The average molecular weight is 325 g/mol. The number of amides is 1. The predicted molar refractivity (Wildman–Crippen MR) is 90.2 cm³/mol. The lowest BCUT2D eigenvalue weighted by Gasteiger charge is -2.19. The zero-order valence-electron chi connectivity index (χ0n) is 13.8. The molecule has 0 atom stereocenters. The van der Waals surface area contributed by atoms with Gasteiger partial charge in [-0.25, -0.2) is 14.8 Å². The molecule has 2 N–H and O–H groups in total. The standard InChI is InChI=1S/C17H19N5O2/c1-17(2,3)24-16(23)20-10-15-19-9-14(22-15)13-8-18-11-6-4-5-7-12(11)21-13/h4-9H,10H2,1-3H3,(H,19,22)(H,20,23). The number of hydrogen-bond acceptors (Lipinski definition) is 5. The number of aromatic nitrogens is 4. The van der Waals surface area contributed by atoms with Crippen molar-refractivity contribution < 1.29 is 9.53 Å². The fraction of sp³-hybridized carbons (Fsp3) is 0.294. The van der Waals surface area contributed by atoms with Crippen LogP contribution >= 0.6 is 0 Å². The van der Waals surface area contributed by atoms with Gasteiger partial charge in [0.15, 0.2) is 0 Å². The largest absolute Gasteiger partial charge is 0.444 e. The number of hydrogen-bond donors (Lipinski definition) is 2. The number of aromatic amines is 1. The van der Waals surface area contributed by atoms with Crippen molar-refractivity contribution in [2.45, 2.75) is 32.9 Å². The molecule has 1 amide bonds. The molecule has 124 valence electrons. The van der Waals surface area contributed by atoms with Gasteiger partial charge in [0.1, 0.15) is 22.8 Å². The summed E-state index contributed by atoms with van der Waals surface area (Å²) in [6.07, 6.45) is 2.94. The Morgan fingerprint density at radius 3 is 2.67 bits per heavy atom. The molecule has 0 saturated heterocycles. The predicted octanol–water partition coefficient (Wildman–Crippen LogP) is 3.04. The molecule has 2 heterocycles. The number of carbonyl (C=O) groups excluding carboxylic acids is 1. The lowest BCUT2D eigenvalue weighted by Crippen LogP contribution is -2.32. The van der Waals surface area contributed by atoms with Crippen LogP contribution in [-0.4, -0.2) is 31.6 Å². The Hall–Kier alpha value is -2.96. The van der Waals surface area contributed by atoms with Crippen LogP contribution < -0.4 is 5.32 Å². The second-order valence-corrected chi connectivity index (χ2v) is 6.33. The van der Waals surface area contributed by atoms with Gasteiger partial charge in [-0.1, -0.05) is 12.1 Å². The molecule has 3 aromatic rings. The van der Waals surface area contributed by atoms with Gasteiger partial charge in [-0.05, 0) is 32.9 Å². The molecule has 0 spiro atoms. The molecule has 3 rings (SSSR count). The van der Waals surface area contributed by atoms with Crippen molar-refractivity contribution in [2.24, 2.45) is 0 Å². The van der Waals surface area contributed by atoms with E-state index in [0.29, 0.717) is 17.2 Å². The molecular formula is C17H19N5O2. The minimum atomic E-state index is -0.529. The molecule has 0 aliphatic carbocycles. The molecule has 1 aromatic carbocycles. The summed E-state index contributed by atoms with van der Waals surface area (Å²) in [5.74, 6) is 0.616. The maximum absolute atomic E-state index is 11.7. The molecule has 0 bridgehead atoms. The fourth-order valence-corrected chi connectivity index (χ4v) is 2.13. The minimum Gasteiger partial charge on any atom is -0.444 e. The number of benzene rings is 1. The summed E-state index contributed by atoms with van der Waals surface area (Å²) < 4.78 is 5.19. The first-order valence-electron chi connectivity index (χ1n) is 7.64. The fourth-order valence-electron chi connectivity index (χ4n) is 2.13. The van der Waals surface area contributed by atoms with Gasteiger partial charge < -0.3 is 15.0 Å². The Morgan fingerprint density at radius 2 is 1.92 bits per heavy atom. The molecule has 2 aromatic heterocycles. The van der Waals surface area contributed by atoms with E-state index in [1.807, 2.05) is 45.0 Å². The number of rotatable bonds is 3. The Bertz CT molecular complexity index is 867. The molecule has 24 heavy (non-hydrogen) atoms. The first-order chi connectivity index (χ1) is 11.4. The maximum Gasteiger partial charge on any atom is 0.408 e. The highest BCUT2D eigenvalue weighted by atomic mass is 16.6. The van der Waals surface area contributed by atoms with Gasteiger partial charge in [-0.2, -0.15) is 0 Å². The summed E-state index contributed by atoms with van der Waals surface area (Å²) in [6, 6.07) is 7.66. The van der Waals surface area contributed by atoms with E-state index in [9.17, 15) is 4.79 Å². The van der Waals surface area contributed by atoms with E-state index in [1.165, 1.54) is 0 Å². The molecule has 0 aliphatic heterocycles. The molecule has 7 heteroatoms. The van der Waals surface area contributed by atoms with Crippen LogP contribution in [0.3, 0.4) is 0 Å². The monoisotopic (exact) mass is 325 g/mol. The molecule has 0 saturated carbocycles. The van der Waals surface area contributed by atoms with Crippen molar-refractivity contribution in [3.05, 3.63) is 42.5 Å². The Morgan fingerprint density at radius 1 is 1.17 bits per heavy atom. The topological polar surface area (TPSA) is 92.8 Å². The maximum atomic E-state index is 11.7. The number of H-pyrrole nitrogens is 1. The van der Waals surface area contributed by atoms with Gasteiger partial charge in [-0.3, -0.25) is 4.98 Å². The highest BCUT2D eigenvalue weighted by molar-refractivity contribution is 5.76.